The highest BCUT2D eigenvalue weighted by atomic mass is 35.5. The van der Waals surface area contributed by atoms with Gasteiger partial charge in [0.15, 0.2) is 0 Å². The fraction of sp³-hybridized carbons (Fsp3) is 0.429. The summed E-state index contributed by atoms with van der Waals surface area (Å²) in [6.45, 7) is 3.97. The summed E-state index contributed by atoms with van der Waals surface area (Å²) in [7, 11) is 0. The number of nitrogens with one attached hydrogen (secondary N) is 1. The van der Waals surface area contributed by atoms with Crippen molar-refractivity contribution < 1.29 is 4.79 Å². The van der Waals surface area contributed by atoms with Gasteiger partial charge in [-0.25, -0.2) is 0 Å². The molecule has 3 nitrogen and oxygen atoms in total. The third-order valence-corrected chi connectivity index (χ3v) is 3.06. The van der Waals surface area contributed by atoms with E-state index in [2.05, 4.69) is 11.4 Å². The molecule has 0 fully saturated rings. The number of hydrogen-bond donors (Lipinski definition) is 1. The molecule has 1 rings (SSSR count). The Morgan fingerprint density at radius 2 is 2.28 bits per heavy atom. The summed E-state index contributed by atoms with van der Waals surface area (Å²) in [6.07, 6.45) is 1.82. The van der Waals surface area contributed by atoms with Gasteiger partial charge < -0.3 is 5.32 Å². The third kappa shape index (κ3) is 4.05. The SMILES string of the molecule is CCCC(C)C(C#N)C(=O)Nc1cccc(Cl)c1. The van der Waals surface area contributed by atoms with Gasteiger partial charge in [-0.05, 0) is 30.5 Å². The molecule has 2 atom stereocenters. The van der Waals surface area contributed by atoms with Crippen molar-refractivity contribution in [2.75, 3.05) is 5.32 Å². The molecule has 0 saturated heterocycles. The minimum absolute atomic E-state index is 0.0548. The predicted octanol–water partition coefficient (Wildman–Crippen LogP) is 3.85. The summed E-state index contributed by atoms with van der Waals surface area (Å²) in [5.74, 6) is -0.830. The highest BCUT2D eigenvalue weighted by Crippen LogP contribution is 2.20. The first-order chi connectivity index (χ1) is 8.58. The van der Waals surface area contributed by atoms with Crippen LogP contribution in [-0.2, 0) is 4.79 Å². The van der Waals surface area contributed by atoms with Crippen LogP contribution in [0.25, 0.3) is 0 Å². The Balaban J connectivity index is 2.72. The molecule has 96 valence electrons. The number of rotatable bonds is 5. The summed E-state index contributed by atoms with van der Waals surface area (Å²) < 4.78 is 0. The molecule has 0 spiro atoms. The Bertz CT molecular complexity index is 453. The van der Waals surface area contributed by atoms with Crippen LogP contribution in [-0.4, -0.2) is 5.91 Å². The molecular weight excluding hydrogens is 248 g/mol. The number of benzene rings is 1. The van der Waals surface area contributed by atoms with Crippen molar-refractivity contribution in [1.29, 1.82) is 5.26 Å². The first-order valence-corrected chi connectivity index (χ1v) is 6.42. The lowest BCUT2D eigenvalue weighted by Crippen LogP contribution is -2.26. The normalized spacial score (nSPS) is 13.4. The number of nitriles is 1. The lowest BCUT2D eigenvalue weighted by Gasteiger charge is -2.16. The summed E-state index contributed by atoms with van der Waals surface area (Å²) in [6, 6.07) is 8.99. The van der Waals surface area contributed by atoms with E-state index in [9.17, 15) is 4.79 Å². The molecule has 0 aliphatic heterocycles. The first-order valence-electron chi connectivity index (χ1n) is 6.04. The lowest BCUT2D eigenvalue weighted by atomic mass is 9.90. The fourth-order valence-electron chi connectivity index (χ4n) is 1.85. The van der Waals surface area contributed by atoms with E-state index < -0.39 is 5.92 Å². The van der Waals surface area contributed by atoms with Gasteiger partial charge in [0.2, 0.25) is 5.91 Å². The Morgan fingerprint density at radius 1 is 1.56 bits per heavy atom. The van der Waals surface area contributed by atoms with E-state index in [1.807, 2.05) is 13.8 Å². The molecule has 2 unspecified atom stereocenters. The average Bonchev–Trinajstić information content (AvgIpc) is 2.30. The number of anilines is 1. The number of amides is 1. The van der Waals surface area contributed by atoms with Crippen LogP contribution in [0.1, 0.15) is 26.7 Å². The van der Waals surface area contributed by atoms with E-state index in [0.717, 1.165) is 12.8 Å². The monoisotopic (exact) mass is 264 g/mol. The standard InChI is InChI=1S/C14H17ClN2O/c1-3-5-10(2)13(9-16)14(18)17-12-7-4-6-11(15)8-12/h4,6-8,10,13H,3,5H2,1-2H3,(H,17,18). The van der Waals surface area contributed by atoms with Gasteiger partial charge in [0, 0.05) is 10.7 Å². The minimum atomic E-state index is -0.621. The predicted molar refractivity (Wildman–Crippen MR) is 73.3 cm³/mol. The number of nitrogens with zero attached hydrogens (tertiary/aromatic N) is 1. The van der Waals surface area contributed by atoms with Gasteiger partial charge in [-0.3, -0.25) is 4.79 Å². The van der Waals surface area contributed by atoms with Crippen LogP contribution in [0.3, 0.4) is 0 Å². The van der Waals surface area contributed by atoms with Gasteiger partial charge in [-0.2, -0.15) is 5.26 Å². The molecule has 18 heavy (non-hydrogen) atoms. The van der Waals surface area contributed by atoms with Crippen molar-refractivity contribution in [2.24, 2.45) is 11.8 Å². The molecule has 0 heterocycles. The van der Waals surface area contributed by atoms with E-state index in [-0.39, 0.29) is 11.8 Å². The summed E-state index contributed by atoms with van der Waals surface area (Å²) in [5, 5.41) is 12.4. The molecule has 1 aromatic carbocycles. The van der Waals surface area contributed by atoms with Crippen molar-refractivity contribution in [3.05, 3.63) is 29.3 Å². The Labute approximate surface area is 113 Å². The maximum atomic E-state index is 12.0. The van der Waals surface area contributed by atoms with Crippen LogP contribution < -0.4 is 5.32 Å². The van der Waals surface area contributed by atoms with E-state index in [0.29, 0.717) is 10.7 Å². The molecule has 0 saturated carbocycles. The van der Waals surface area contributed by atoms with Gasteiger partial charge in [-0.1, -0.05) is 37.9 Å². The maximum absolute atomic E-state index is 12.0. The third-order valence-electron chi connectivity index (χ3n) is 2.83. The smallest absolute Gasteiger partial charge is 0.242 e. The molecular formula is C14H17ClN2O. The van der Waals surface area contributed by atoms with Gasteiger partial charge in [-0.15, -0.1) is 0 Å². The average molecular weight is 265 g/mol. The van der Waals surface area contributed by atoms with Gasteiger partial charge in [0.1, 0.15) is 5.92 Å². The topological polar surface area (TPSA) is 52.9 Å². The number of carbonyl (C=O) groups excluding carboxylic acids is 1. The molecule has 0 radical (unpaired) electrons. The minimum Gasteiger partial charge on any atom is -0.325 e. The molecule has 1 N–H and O–H groups in total. The zero-order chi connectivity index (χ0) is 13.5. The highest BCUT2D eigenvalue weighted by Gasteiger charge is 2.24. The van der Waals surface area contributed by atoms with E-state index in [1.165, 1.54) is 0 Å². The van der Waals surface area contributed by atoms with Crippen molar-refractivity contribution in [1.82, 2.24) is 0 Å². The van der Waals surface area contributed by atoms with E-state index >= 15 is 0 Å². The zero-order valence-corrected chi connectivity index (χ0v) is 11.4. The van der Waals surface area contributed by atoms with Crippen LogP contribution in [0.5, 0.6) is 0 Å². The Hall–Kier alpha value is -1.53. The zero-order valence-electron chi connectivity index (χ0n) is 10.6. The summed E-state index contributed by atoms with van der Waals surface area (Å²) in [4.78, 5) is 12.0. The fourth-order valence-corrected chi connectivity index (χ4v) is 2.04. The van der Waals surface area contributed by atoms with Crippen LogP contribution in [0.2, 0.25) is 5.02 Å². The van der Waals surface area contributed by atoms with Crippen molar-refractivity contribution in [3.63, 3.8) is 0 Å². The lowest BCUT2D eigenvalue weighted by molar-refractivity contribution is -0.119. The van der Waals surface area contributed by atoms with Crippen molar-refractivity contribution in [3.8, 4) is 6.07 Å². The molecule has 0 aliphatic rings. The molecule has 1 amide bonds. The second kappa shape index (κ2) is 7.03. The molecule has 0 aromatic heterocycles. The summed E-state index contributed by atoms with van der Waals surface area (Å²) >= 11 is 5.84. The maximum Gasteiger partial charge on any atom is 0.242 e. The van der Waals surface area contributed by atoms with E-state index in [1.54, 1.807) is 24.3 Å². The Morgan fingerprint density at radius 3 is 2.83 bits per heavy atom. The van der Waals surface area contributed by atoms with Gasteiger partial charge >= 0.3 is 0 Å². The number of carbonyl (C=O) groups is 1. The highest BCUT2D eigenvalue weighted by molar-refractivity contribution is 6.30. The second-order valence-corrected chi connectivity index (χ2v) is 4.81. The molecule has 0 aliphatic carbocycles. The van der Waals surface area contributed by atoms with Crippen LogP contribution in [0, 0.1) is 23.2 Å². The molecule has 0 bridgehead atoms. The summed E-state index contributed by atoms with van der Waals surface area (Å²) in [5.41, 5.74) is 0.622. The number of hydrogen-bond acceptors (Lipinski definition) is 2. The quantitative estimate of drug-likeness (QED) is 0.878. The van der Waals surface area contributed by atoms with Crippen LogP contribution >= 0.6 is 11.6 Å². The second-order valence-electron chi connectivity index (χ2n) is 4.37. The molecule has 1 aromatic rings. The largest absolute Gasteiger partial charge is 0.325 e. The van der Waals surface area contributed by atoms with Crippen LogP contribution in [0.15, 0.2) is 24.3 Å². The van der Waals surface area contributed by atoms with Crippen LogP contribution in [0.4, 0.5) is 5.69 Å². The van der Waals surface area contributed by atoms with Gasteiger partial charge in [0.05, 0.1) is 6.07 Å². The van der Waals surface area contributed by atoms with Gasteiger partial charge in [0.25, 0.3) is 0 Å². The first kappa shape index (κ1) is 14.5. The van der Waals surface area contributed by atoms with E-state index in [4.69, 9.17) is 16.9 Å². The number of halogens is 1. The van der Waals surface area contributed by atoms with Crippen molar-refractivity contribution in [2.45, 2.75) is 26.7 Å². The molecule has 4 heteroatoms. The van der Waals surface area contributed by atoms with Crippen molar-refractivity contribution >= 4 is 23.2 Å². The Kier molecular flexibility index (Phi) is 5.67.